The first kappa shape index (κ1) is 51.4. The average Bonchev–Trinajstić information content (AvgIpc) is 3.92. The molecule has 0 atom stereocenters. The Morgan fingerprint density at radius 1 is 0.393 bits per heavy atom. The van der Waals surface area contributed by atoms with Crippen molar-refractivity contribution >= 4 is 0 Å². The van der Waals surface area contributed by atoms with Gasteiger partial charge in [-0.15, -0.1) is 0 Å². The molecule has 0 N–H and O–H groups in total. The van der Waals surface area contributed by atoms with Crippen LogP contribution in [0, 0.1) is 41.5 Å². The predicted molar refractivity (Wildman–Crippen MR) is 247 cm³/mol. The summed E-state index contributed by atoms with van der Waals surface area (Å²) in [5.74, 6) is 6.41. The molecule has 0 saturated heterocycles. The molecule has 0 radical (unpaired) electrons. The Kier molecular flexibility index (Phi) is 16.5. The van der Waals surface area contributed by atoms with Crippen LogP contribution in [0.25, 0.3) is 0 Å². The Morgan fingerprint density at radius 3 is 1.13 bits per heavy atom. The normalized spacial score (nSPS) is 14.5. The van der Waals surface area contributed by atoms with Crippen molar-refractivity contribution in [3.63, 3.8) is 0 Å². The Balaban J connectivity index is 0.000000204. The van der Waals surface area contributed by atoms with E-state index in [0.717, 1.165) is 64.4 Å². The number of rotatable bonds is 4. The lowest BCUT2D eigenvalue weighted by molar-refractivity contribution is 0.376. The van der Waals surface area contributed by atoms with Crippen LogP contribution in [0.4, 0.5) is 0 Å². The molecule has 0 aliphatic heterocycles. The lowest BCUT2D eigenvalue weighted by Gasteiger charge is -2.18. The maximum Gasteiger partial charge on any atom is 0.143 e. The lowest BCUT2D eigenvalue weighted by atomic mass is 9.84. The number of aromatic nitrogens is 5. The molecule has 10 heteroatoms. The number of hydrogen-bond donors (Lipinski definition) is 0. The van der Waals surface area contributed by atoms with Crippen molar-refractivity contribution in [3.8, 4) is 0 Å². The van der Waals surface area contributed by atoms with Crippen LogP contribution in [-0.2, 0) is 39.9 Å². The van der Waals surface area contributed by atoms with Gasteiger partial charge in [-0.05, 0) is 101 Å². The van der Waals surface area contributed by atoms with Crippen LogP contribution in [0.1, 0.15) is 240 Å². The van der Waals surface area contributed by atoms with Gasteiger partial charge >= 0.3 is 0 Å². The summed E-state index contributed by atoms with van der Waals surface area (Å²) in [5, 5.41) is 20.2. The van der Waals surface area contributed by atoms with E-state index in [9.17, 15) is 0 Å². The zero-order valence-corrected chi connectivity index (χ0v) is 42.7. The second-order valence-electron chi connectivity index (χ2n) is 22.3. The molecule has 5 aromatic heterocycles. The zero-order chi connectivity index (χ0) is 46.6. The fourth-order valence-corrected chi connectivity index (χ4v) is 8.65. The SMILES string of the molecule is CCc1noc(C)c1C(C)(C)C.CCc1onc(C)c1C(C)(C)C.Cc1noc(C)c1C(C)(C)C.Cc1noc(C2CC2)c1C(C)(C)C.Cc1onc(C2CC2)c1C(C)(C)C. The number of nitrogens with zero attached hydrogens (tertiary/aromatic N) is 5. The molecule has 5 heterocycles. The summed E-state index contributed by atoms with van der Waals surface area (Å²) in [4.78, 5) is 0. The molecule has 10 nitrogen and oxygen atoms in total. The molecule has 61 heavy (non-hydrogen) atoms. The summed E-state index contributed by atoms with van der Waals surface area (Å²) < 4.78 is 26.1. The second kappa shape index (κ2) is 19.6. The summed E-state index contributed by atoms with van der Waals surface area (Å²) in [6, 6.07) is 0. The molecular formula is C51H83N5O5. The van der Waals surface area contributed by atoms with E-state index >= 15 is 0 Å². The van der Waals surface area contributed by atoms with Gasteiger partial charge in [0.2, 0.25) is 0 Å². The van der Waals surface area contributed by atoms with E-state index < -0.39 is 0 Å². The molecule has 5 aromatic rings. The van der Waals surface area contributed by atoms with E-state index in [1.54, 1.807) is 0 Å². The highest BCUT2D eigenvalue weighted by atomic mass is 16.5. The molecule has 2 saturated carbocycles. The molecule has 0 aromatic carbocycles. The minimum absolute atomic E-state index is 0.147. The maximum absolute atomic E-state index is 5.40. The van der Waals surface area contributed by atoms with Gasteiger partial charge in [0.1, 0.15) is 28.8 Å². The van der Waals surface area contributed by atoms with Crippen molar-refractivity contribution in [2.75, 3.05) is 0 Å². The quantitative estimate of drug-likeness (QED) is 0.172. The van der Waals surface area contributed by atoms with Gasteiger partial charge in [0, 0.05) is 46.1 Å². The van der Waals surface area contributed by atoms with Crippen molar-refractivity contribution in [3.05, 3.63) is 85.1 Å². The van der Waals surface area contributed by atoms with Gasteiger partial charge in [0.05, 0.1) is 28.5 Å². The maximum atomic E-state index is 5.40. The molecule has 0 unspecified atom stereocenters. The van der Waals surface area contributed by atoms with Crippen molar-refractivity contribution in [2.24, 2.45) is 0 Å². The van der Waals surface area contributed by atoms with Gasteiger partial charge in [0.25, 0.3) is 0 Å². The molecule has 0 spiro atoms. The van der Waals surface area contributed by atoms with Crippen molar-refractivity contribution in [1.82, 2.24) is 25.8 Å². The molecule has 2 aliphatic carbocycles. The first-order valence-corrected chi connectivity index (χ1v) is 22.6. The van der Waals surface area contributed by atoms with Crippen molar-refractivity contribution < 1.29 is 22.6 Å². The monoisotopic (exact) mass is 846 g/mol. The van der Waals surface area contributed by atoms with E-state index in [-0.39, 0.29) is 27.1 Å². The molecule has 7 rings (SSSR count). The van der Waals surface area contributed by atoms with Crippen LogP contribution >= 0.6 is 0 Å². The van der Waals surface area contributed by atoms with Crippen LogP contribution in [-0.4, -0.2) is 25.8 Å². The molecular weight excluding hydrogens is 763 g/mol. The highest BCUT2D eigenvalue weighted by Gasteiger charge is 2.36. The summed E-state index contributed by atoms with van der Waals surface area (Å²) in [7, 11) is 0. The highest BCUT2D eigenvalue weighted by molar-refractivity contribution is 5.35. The van der Waals surface area contributed by atoms with E-state index in [1.165, 1.54) is 59.2 Å². The molecule has 0 amide bonds. The molecule has 342 valence electrons. The fourth-order valence-electron chi connectivity index (χ4n) is 8.65. The van der Waals surface area contributed by atoms with Crippen molar-refractivity contribution in [2.45, 2.75) is 237 Å². The highest BCUT2D eigenvalue weighted by Crippen LogP contribution is 2.46. The summed E-state index contributed by atoms with van der Waals surface area (Å²) >= 11 is 0. The third-order valence-electron chi connectivity index (χ3n) is 11.0. The fraction of sp³-hybridized carbons (Fsp3) is 0.706. The van der Waals surface area contributed by atoms with E-state index in [0.29, 0.717) is 11.8 Å². The Bertz CT molecular complexity index is 1990. The number of aryl methyl sites for hydroxylation is 8. The first-order chi connectivity index (χ1) is 27.9. The van der Waals surface area contributed by atoms with Crippen molar-refractivity contribution in [1.29, 1.82) is 0 Å². The Morgan fingerprint density at radius 2 is 0.770 bits per heavy atom. The molecule has 2 aliphatic rings. The van der Waals surface area contributed by atoms with Gasteiger partial charge in [-0.3, -0.25) is 0 Å². The third kappa shape index (κ3) is 13.8. The Labute approximate surface area is 369 Å². The van der Waals surface area contributed by atoms with E-state index in [2.05, 4.69) is 143 Å². The van der Waals surface area contributed by atoms with Crippen LogP contribution in [0.2, 0.25) is 0 Å². The topological polar surface area (TPSA) is 130 Å². The van der Waals surface area contributed by atoms with Gasteiger partial charge in [-0.1, -0.05) is 143 Å². The first-order valence-electron chi connectivity index (χ1n) is 22.6. The smallest absolute Gasteiger partial charge is 0.143 e. The lowest BCUT2D eigenvalue weighted by Crippen LogP contribution is -2.14. The predicted octanol–water partition coefficient (Wildman–Crippen LogP) is 14.6. The van der Waals surface area contributed by atoms with Gasteiger partial charge < -0.3 is 22.6 Å². The Hall–Kier alpha value is -3.95. The minimum Gasteiger partial charge on any atom is -0.361 e. The summed E-state index contributed by atoms with van der Waals surface area (Å²) in [6.45, 7) is 49.1. The minimum atomic E-state index is 0.147. The third-order valence-corrected chi connectivity index (χ3v) is 11.0. The van der Waals surface area contributed by atoms with Gasteiger partial charge in [-0.25, -0.2) is 0 Å². The largest absolute Gasteiger partial charge is 0.361 e. The van der Waals surface area contributed by atoms with Crippen LogP contribution in [0.5, 0.6) is 0 Å². The van der Waals surface area contributed by atoms with Crippen LogP contribution in [0.3, 0.4) is 0 Å². The van der Waals surface area contributed by atoms with E-state index in [4.69, 9.17) is 22.6 Å². The molecule has 2 fully saturated rings. The van der Waals surface area contributed by atoms with Gasteiger partial charge in [0.15, 0.2) is 0 Å². The number of hydrogen-bond acceptors (Lipinski definition) is 10. The second-order valence-corrected chi connectivity index (χ2v) is 22.3. The van der Waals surface area contributed by atoms with Crippen LogP contribution in [0.15, 0.2) is 22.6 Å². The summed E-state index contributed by atoms with van der Waals surface area (Å²) in [5.41, 5.74) is 12.6. The van der Waals surface area contributed by atoms with E-state index in [1.807, 2.05) is 41.5 Å². The average molecular weight is 846 g/mol. The summed E-state index contributed by atoms with van der Waals surface area (Å²) in [6.07, 6.45) is 7.00. The molecule has 0 bridgehead atoms. The standard InChI is InChI=1S/2C11H17NO.2C10H17NO.C9H15NO/c1-7-9(11(2,3)4)10(12-13-7)8-5-6-8;1-7-9(11(2,3)4)10(13-12-7)8-5-6-8;1-6-8-9(10(3,4)5)7(2)12-11-8;1-6-8-9(10(3,4)5)7(2)11-12-8;1-6-8(9(3,4)5)7(2)11-10-6/h2*8H,5-6H2,1-4H3;2*6H2,1-5H3;1-5H3. The zero-order valence-electron chi connectivity index (χ0n) is 42.7. The van der Waals surface area contributed by atoms with Crippen LogP contribution < -0.4 is 0 Å². The van der Waals surface area contributed by atoms with Gasteiger partial charge in [-0.2, -0.15) is 0 Å².